The molecule has 0 amide bonds. The zero-order chi connectivity index (χ0) is 14.3. The minimum Gasteiger partial charge on any atom is -0.321 e. The van der Waals surface area contributed by atoms with Gasteiger partial charge in [0.2, 0.25) is 0 Å². The smallest absolute Gasteiger partial charge is 0.128 e. The first-order chi connectivity index (χ1) is 9.51. The molecule has 0 radical (unpaired) electrons. The summed E-state index contributed by atoms with van der Waals surface area (Å²) in [7, 11) is 0. The zero-order valence-corrected chi connectivity index (χ0v) is 13.5. The van der Waals surface area contributed by atoms with E-state index in [9.17, 15) is 0 Å². The Hall–Kier alpha value is -0.730. The Bertz CT molecular complexity index is 625. The van der Waals surface area contributed by atoms with Gasteiger partial charge in [-0.05, 0) is 44.9 Å². The summed E-state index contributed by atoms with van der Waals surface area (Å²) in [6.07, 6.45) is 6.23. The number of alkyl halides is 1. The molecule has 0 aliphatic heterocycles. The van der Waals surface area contributed by atoms with E-state index in [0.717, 1.165) is 21.9 Å². The van der Waals surface area contributed by atoms with E-state index < -0.39 is 0 Å². The summed E-state index contributed by atoms with van der Waals surface area (Å²) in [5, 5.41) is 0.659. The van der Waals surface area contributed by atoms with Gasteiger partial charge in [-0.3, -0.25) is 0 Å². The molecule has 2 nitrogen and oxygen atoms in total. The van der Waals surface area contributed by atoms with Crippen LogP contribution in [0.3, 0.4) is 0 Å². The predicted molar refractivity (Wildman–Crippen MR) is 85.7 cm³/mol. The van der Waals surface area contributed by atoms with E-state index in [4.69, 9.17) is 28.2 Å². The summed E-state index contributed by atoms with van der Waals surface area (Å²) >= 11 is 12.6. The fourth-order valence-corrected chi connectivity index (χ4v) is 3.75. The highest BCUT2D eigenvalue weighted by atomic mass is 35.5. The number of rotatable bonds is 2. The van der Waals surface area contributed by atoms with Crippen molar-refractivity contribution < 1.29 is 0 Å². The minimum absolute atomic E-state index is 0.0973. The maximum absolute atomic E-state index is 6.38. The molecule has 0 bridgehead atoms. The van der Waals surface area contributed by atoms with Crippen LogP contribution in [0, 0.1) is 0 Å². The van der Waals surface area contributed by atoms with Crippen molar-refractivity contribution in [3.05, 3.63) is 29.0 Å². The molecule has 1 aromatic carbocycles. The van der Waals surface area contributed by atoms with Gasteiger partial charge in [-0.2, -0.15) is 0 Å². The third-order valence-electron chi connectivity index (χ3n) is 4.47. The largest absolute Gasteiger partial charge is 0.321 e. The van der Waals surface area contributed by atoms with Gasteiger partial charge < -0.3 is 4.57 Å². The van der Waals surface area contributed by atoms with E-state index in [1.54, 1.807) is 0 Å². The van der Waals surface area contributed by atoms with Crippen LogP contribution in [-0.4, -0.2) is 9.55 Å². The Labute approximate surface area is 130 Å². The number of imidazole rings is 1. The van der Waals surface area contributed by atoms with E-state index in [2.05, 4.69) is 11.5 Å². The normalized spacial score (nSPS) is 20.2. The Morgan fingerprint density at radius 2 is 1.95 bits per heavy atom. The van der Waals surface area contributed by atoms with Gasteiger partial charge in [0.1, 0.15) is 5.82 Å². The Morgan fingerprint density at radius 1 is 1.25 bits per heavy atom. The number of halogens is 2. The first-order valence-electron chi connectivity index (χ1n) is 7.34. The van der Waals surface area contributed by atoms with Crippen LogP contribution in [0.5, 0.6) is 0 Å². The third kappa shape index (κ3) is 2.33. The summed E-state index contributed by atoms with van der Waals surface area (Å²) in [5.41, 5.74) is 2.21. The van der Waals surface area contributed by atoms with Gasteiger partial charge in [0.05, 0.1) is 16.4 Å². The molecule has 1 heterocycles. The van der Waals surface area contributed by atoms with Crippen molar-refractivity contribution in [2.24, 2.45) is 0 Å². The van der Waals surface area contributed by atoms with Crippen molar-refractivity contribution in [2.45, 2.75) is 56.9 Å². The van der Waals surface area contributed by atoms with Gasteiger partial charge in [0.15, 0.2) is 0 Å². The second-order valence-corrected chi connectivity index (χ2v) is 7.20. The highest BCUT2D eigenvalue weighted by molar-refractivity contribution is 6.31. The van der Waals surface area contributed by atoms with Crippen LogP contribution in [-0.2, 0) is 5.54 Å². The highest BCUT2D eigenvalue weighted by Gasteiger charge is 2.33. The SMILES string of the molecule is CC(Cl)c1nc2ccc(Cl)cc2n1C1(C)CCCCC1. The molecule has 4 heteroatoms. The van der Waals surface area contributed by atoms with Crippen molar-refractivity contribution >= 4 is 34.2 Å². The average molecular weight is 311 g/mol. The molecule has 3 rings (SSSR count). The van der Waals surface area contributed by atoms with Crippen molar-refractivity contribution in [3.8, 4) is 0 Å². The zero-order valence-electron chi connectivity index (χ0n) is 12.0. The first-order valence-corrected chi connectivity index (χ1v) is 8.15. The predicted octanol–water partition coefficient (Wildman–Crippen LogP) is 5.67. The molecule has 1 aliphatic rings. The molecule has 1 aromatic heterocycles. The molecule has 0 spiro atoms. The molecule has 1 fully saturated rings. The highest BCUT2D eigenvalue weighted by Crippen LogP contribution is 2.40. The number of hydrogen-bond donors (Lipinski definition) is 0. The molecule has 0 N–H and O–H groups in total. The van der Waals surface area contributed by atoms with Gasteiger partial charge >= 0.3 is 0 Å². The summed E-state index contributed by atoms with van der Waals surface area (Å²) in [4.78, 5) is 4.75. The summed E-state index contributed by atoms with van der Waals surface area (Å²) in [6.45, 7) is 4.32. The minimum atomic E-state index is -0.0973. The molecule has 1 aliphatic carbocycles. The standard InChI is InChI=1S/C16H20Cl2N2/c1-11(17)15-19-13-7-6-12(18)10-14(13)20(15)16(2)8-4-3-5-9-16/h6-7,10-11H,3-5,8-9H2,1-2H3. The van der Waals surface area contributed by atoms with Gasteiger partial charge in [0, 0.05) is 10.6 Å². The third-order valence-corrected chi connectivity index (χ3v) is 4.90. The van der Waals surface area contributed by atoms with Crippen LogP contribution in [0.4, 0.5) is 0 Å². The Morgan fingerprint density at radius 3 is 2.60 bits per heavy atom. The van der Waals surface area contributed by atoms with Crippen LogP contribution >= 0.6 is 23.2 Å². The lowest BCUT2D eigenvalue weighted by Gasteiger charge is -2.37. The van der Waals surface area contributed by atoms with Gasteiger partial charge in [0.25, 0.3) is 0 Å². The van der Waals surface area contributed by atoms with Gasteiger partial charge in [-0.1, -0.05) is 30.9 Å². The average Bonchev–Trinajstić information content (AvgIpc) is 2.79. The Kier molecular flexibility index (Phi) is 3.72. The fourth-order valence-electron chi connectivity index (χ4n) is 3.44. The molecular formula is C16H20Cl2N2. The first kappa shape index (κ1) is 14.2. The summed E-state index contributed by atoms with van der Waals surface area (Å²) in [6, 6.07) is 5.91. The fraction of sp³-hybridized carbons (Fsp3) is 0.562. The van der Waals surface area contributed by atoms with Gasteiger partial charge in [-0.15, -0.1) is 11.6 Å². The van der Waals surface area contributed by atoms with Crippen molar-refractivity contribution in [1.29, 1.82) is 0 Å². The van der Waals surface area contributed by atoms with Gasteiger partial charge in [-0.25, -0.2) is 4.98 Å². The Balaban J connectivity index is 2.25. The molecule has 108 valence electrons. The lowest BCUT2D eigenvalue weighted by molar-refractivity contribution is 0.219. The van der Waals surface area contributed by atoms with Crippen LogP contribution in [0.2, 0.25) is 5.02 Å². The van der Waals surface area contributed by atoms with Crippen LogP contribution in [0.15, 0.2) is 18.2 Å². The molecule has 1 atom stereocenters. The van der Waals surface area contributed by atoms with Crippen molar-refractivity contribution in [1.82, 2.24) is 9.55 Å². The maximum atomic E-state index is 6.38. The van der Waals surface area contributed by atoms with Crippen molar-refractivity contribution in [3.63, 3.8) is 0 Å². The second-order valence-electron chi connectivity index (χ2n) is 6.11. The van der Waals surface area contributed by atoms with Crippen LogP contribution < -0.4 is 0 Å². The number of fused-ring (bicyclic) bond motifs is 1. The lowest BCUT2D eigenvalue weighted by Crippen LogP contribution is -2.34. The maximum Gasteiger partial charge on any atom is 0.128 e. The van der Waals surface area contributed by atoms with E-state index in [1.165, 1.54) is 32.1 Å². The van der Waals surface area contributed by atoms with E-state index in [1.807, 2.05) is 25.1 Å². The molecule has 1 unspecified atom stereocenters. The van der Waals surface area contributed by atoms with E-state index in [-0.39, 0.29) is 10.9 Å². The second kappa shape index (κ2) is 5.23. The molecule has 20 heavy (non-hydrogen) atoms. The van der Waals surface area contributed by atoms with E-state index in [0.29, 0.717) is 0 Å². The molecular weight excluding hydrogens is 291 g/mol. The topological polar surface area (TPSA) is 17.8 Å². The van der Waals surface area contributed by atoms with Crippen LogP contribution in [0.25, 0.3) is 11.0 Å². The quantitative estimate of drug-likeness (QED) is 0.653. The number of benzene rings is 1. The summed E-state index contributed by atoms with van der Waals surface area (Å²) in [5.74, 6) is 0.966. The molecule has 2 aromatic rings. The van der Waals surface area contributed by atoms with Crippen LogP contribution in [0.1, 0.15) is 57.2 Å². The number of nitrogens with zero attached hydrogens (tertiary/aromatic N) is 2. The monoisotopic (exact) mass is 310 g/mol. The summed E-state index contributed by atoms with van der Waals surface area (Å²) < 4.78 is 2.35. The molecule has 0 saturated heterocycles. The molecule has 1 saturated carbocycles. The number of hydrogen-bond acceptors (Lipinski definition) is 1. The van der Waals surface area contributed by atoms with Crippen molar-refractivity contribution in [2.75, 3.05) is 0 Å². The van der Waals surface area contributed by atoms with E-state index >= 15 is 0 Å². The lowest BCUT2D eigenvalue weighted by atomic mass is 9.82. The number of aromatic nitrogens is 2.